The summed E-state index contributed by atoms with van der Waals surface area (Å²) < 4.78 is 1.01. The van der Waals surface area contributed by atoms with E-state index in [1.165, 1.54) is 6.33 Å². The van der Waals surface area contributed by atoms with Crippen LogP contribution in [0.1, 0.15) is 15.9 Å². The number of aromatic nitrogens is 2. The summed E-state index contributed by atoms with van der Waals surface area (Å²) in [7, 11) is 0. The first-order valence-corrected chi connectivity index (χ1v) is 10.2. The number of carbonyl (C=O) groups excluding carboxylic acids is 1. The third-order valence-electron chi connectivity index (χ3n) is 4.52. The number of carbonyl (C=O) groups is 1. The molecule has 0 atom stereocenters. The molecule has 3 aromatic carbocycles. The van der Waals surface area contributed by atoms with Crippen LogP contribution in [-0.2, 0) is 6.54 Å². The number of hydrogen-bond donors (Lipinski definition) is 2. The summed E-state index contributed by atoms with van der Waals surface area (Å²) in [6, 6.07) is 27.0. The van der Waals surface area contributed by atoms with Crippen LogP contribution in [0, 0.1) is 0 Å². The van der Waals surface area contributed by atoms with Gasteiger partial charge in [-0.1, -0.05) is 58.4 Å². The van der Waals surface area contributed by atoms with Crippen molar-refractivity contribution in [2.75, 3.05) is 5.32 Å². The summed E-state index contributed by atoms with van der Waals surface area (Å²) >= 11 is 3.41. The number of amides is 1. The van der Waals surface area contributed by atoms with Crippen molar-refractivity contribution in [3.05, 3.63) is 107 Å². The molecule has 0 bridgehead atoms. The average molecular weight is 459 g/mol. The van der Waals surface area contributed by atoms with Crippen molar-refractivity contribution in [1.82, 2.24) is 15.3 Å². The highest BCUT2D eigenvalue weighted by molar-refractivity contribution is 9.10. The van der Waals surface area contributed by atoms with Crippen molar-refractivity contribution in [3.8, 4) is 11.3 Å². The smallest absolute Gasteiger partial charge is 0.251 e. The molecule has 4 rings (SSSR count). The normalized spacial score (nSPS) is 10.4. The van der Waals surface area contributed by atoms with Gasteiger partial charge in [0.1, 0.15) is 12.1 Å². The molecule has 0 aliphatic carbocycles. The standard InChI is InChI=1S/C24H19BrN4O/c25-20-10-6-17(7-11-20)15-26-24(30)19-8-12-21(13-9-19)29-23-14-22(27-16-28-23)18-4-2-1-3-5-18/h1-14,16H,15H2,(H,26,30)(H,27,28,29). The molecular weight excluding hydrogens is 440 g/mol. The summed E-state index contributed by atoms with van der Waals surface area (Å²) in [4.78, 5) is 21.0. The Balaban J connectivity index is 1.39. The molecule has 0 fully saturated rings. The minimum absolute atomic E-state index is 0.113. The molecule has 0 spiro atoms. The van der Waals surface area contributed by atoms with E-state index >= 15 is 0 Å². The topological polar surface area (TPSA) is 66.9 Å². The molecule has 1 amide bonds. The highest BCUT2D eigenvalue weighted by atomic mass is 79.9. The summed E-state index contributed by atoms with van der Waals surface area (Å²) in [5.41, 5.74) is 4.36. The van der Waals surface area contributed by atoms with Crippen LogP contribution in [0.25, 0.3) is 11.3 Å². The second-order valence-electron chi connectivity index (χ2n) is 6.67. The quantitative estimate of drug-likeness (QED) is 0.395. The van der Waals surface area contributed by atoms with Gasteiger partial charge in [0.25, 0.3) is 5.91 Å². The monoisotopic (exact) mass is 458 g/mol. The lowest BCUT2D eigenvalue weighted by molar-refractivity contribution is 0.0951. The average Bonchev–Trinajstić information content (AvgIpc) is 2.80. The Kier molecular flexibility index (Phi) is 6.15. The number of nitrogens with zero attached hydrogens (tertiary/aromatic N) is 2. The molecule has 0 saturated carbocycles. The molecule has 0 saturated heterocycles. The maximum atomic E-state index is 12.4. The van der Waals surface area contributed by atoms with Gasteiger partial charge in [-0.2, -0.15) is 0 Å². The highest BCUT2D eigenvalue weighted by Gasteiger charge is 2.06. The van der Waals surface area contributed by atoms with E-state index < -0.39 is 0 Å². The van der Waals surface area contributed by atoms with E-state index in [2.05, 4.69) is 36.5 Å². The van der Waals surface area contributed by atoms with Crippen LogP contribution in [0.15, 0.2) is 95.7 Å². The minimum atomic E-state index is -0.113. The maximum absolute atomic E-state index is 12.4. The van der Waals surface area contributed by atoms with Gasteiger partial charge in [-0.15, -0.1) is 0 Å². The third-order valence-corrected chi connectivity index (χ3v) is 5.05. The molecule has 5 nitrogen and oxygen atoms in total. The molecule has 30 heavy (non-hydrogen) atoms. The summed E-state index contributed by atoms with van der Waals surface area (Å²) in [6.07, 6.45) is 1.54. The summed E-state index contributed by atoms with van der Waals surface area (Å²) in [6.45, 7) is 0.481. The number of benzene rings is 3. The largest absolute Gasteiger partial charge is 0.348 e. The van der Waals surface area contributed by atoms with Crippen molar-refractivity contribution in [3.63, 3.8) is 0 Å². The van der Waals surface area contributed by atoms with Crippen LogP contribution in [0.3, 0.4) is 0 Å². The maximum Gasteiger partial charge on any atom is 0.251 e. The molecule has 2 N–H and O–H groups in total. The van der Waals surface area contributed by atoms with Crippen LogP contribution in [0.5, 0.6) is 0 Å². The summed E-state index contributed by atoms with van der Waals surface area (Å²) in [5, 5.41) is 6.19. The van der Waals surface area contributed by atoms with Gasteiger partial charge in [0, 0.05) is 33.9 Å². The van der Waals surface area contributed by atoms with Crippen LogP contribution in [0.4, 0.5) is 11.5 Å². The Morgan fingerprint density at radius 3 is 2.33 bits per heavy atom. The van der Waals surface area contributed by atoms with Gasteiger partial charge < -0.3 is 10.6 Å². The van der Waals surface area contributed by atoms with Gasteiger partial charge in [0.2, 0.25) is 0 Å². The van der Waals surface area contributed by atoms with Crippen molar-refractivity contribution >= 4 is 33.3 Å². The molecule has 0 radical (unpaired) electrons. The zero-order valence-electron chi connectivity index (χ0n) is 16.0. The number of rotatable bonds is 6. The van der Waals surface area contributed by atoms with Crippen molar-refractivity contribution < 1.29 is 4.79 Å². The first kappa shape index (κ1) is 19.8. The Hall–Kier alpha value is -3.51. The Morgan fingerprint density at radius 2 is 1.60 bits per heavy atom. The van der Waals surface area contributed by atoms with E-state index in [0.717, 1.165) is 27.0 Å². The molecule has 148 valence electrons. The second kappa shape index (κ2) is 9.33. The Bertz CT molecular complexity index is 1130. The van der Waals surface area contributed by atoms with Crippen LogP contribution >= 0.6 is 15.9 Å². The van der Waals surface area contributed by atoms with Gasteiger partial charge in [0.05, 0.1) is 5.69 Å². The van der Waals surface area contributed by atoms with Crippen LogP contribution in [-0.4, -0.2) is 15.9 Å². The lowest BCUT2D eigenvalue weighted by Crippen LogP contribution is -2.22. The van der Waals surface area contributed by atoms with Gasteiger partial charge in [-0.05, 0) is 42.0 Å². The van der Waals surface area contributed by atoms with E-state index in [4.69, 9.17) is 0 Å². The number of halogens is 1. The lowest BCUT2D eigenvalue weighted by atomic mass is 10.1. The van der Waals surface area contributed by atoms with Gasteiger partial charge in [-0.25, -0.2) is 9.97 Å². The zero-order chi connectivity index (χ0) is 20.8. The minimum Gasteiger partial charge on any atom is -0.348 e. The molecule has 0 unspecified atom stereocenters. The highest BCUT2D eigenvalue weighted by Crippen LogP contribution is 2.21. The van der Waals surface area contributed by atoms with E-state index in [1.54, 1.807) is 12.1 Å². The molecule has 1 aromatic heterocycles. The first-order valence-electron chi connectivity index (χ1n) is 9.44. The molecule has 6 heteroatoms. The van der Waals surface area contributed by atoms with Gasteiger partial charge >= 0.3 is 0 Å². The fourth-order valence-corrected chi connectivity index (χ4v) is 3.20. The van der Waals surface area contributed by atoms with E-state index in [-0.39, 0.29) is 5.91 Å². The lowest BCUT2D eigenvalue weighted by Gasteiger charge is -2.09. The number of nitrogens with one attached hydrogen (secondary N) is 2. The Labute approximate surface area is 183 Å². The zero-order valence-corrected chi connectivity index (χ0v) is 17.6. The molecule has 0 aliphatic rings. The van der Waals surface area contributed by atoms with Gasteiger partial charge in [-0.3, -0.25) is 4.79 Å². The van der Waals surface area contributed by atoms with E-state index in [9.17, 15) is 4.79 Å². The van der Waals surface area contributed by atoms with Crippen LogP contribution < -0.4 is 10.6 Å². The SMILES string of the molecule is O=C(NCc1ccc(Br)cc1)c1ccc(Nc2cc(-c3ccccc3)ncn2)cc1. The fraction of sp³-hybridized carbons (Fsp3) is 0.0417. The predicted molar refractivity (Wildman–Crippen MR) is 123 cm³/mol. The number of anilines is 2. The molecular formula is C24H19BrN4O. The first-order chi connectivity index (χ1) is 14.7. The van der Waals surface area contributed by atoms with Crippen molar-refractivity contribution in [2.45, 2.75) is 6.54 Å². The van der Waals surface area contributed by atoms with E-state index in [1.807, 2.05) is 72.8 Å². The molecule has 1 heterocycles. The third kappa shape index (κ3) is 5.10. The predicted octanol–water partition coefficient (Wildman–Crippen LogP) is 5.58. The number of hydrogen-bond acceptors (Lipinski definition) is 4. The molecule has 4 aromatic rings. The Morgan fingerprint density at radius 1 is 0.867 bits per heavy atom. The molecule has 0 aliphatic heterocycles. The fourth-order valence-electron chi connectivity index (χ4n) is 2.93. The van der Waals surface area contributed by atoms with E-state index in [0.29, 0.717) is 17.9 Å². The van der Waals surface area contributed by atoms with Crippen LogP contribution in [0.2, 0.25) is 0 Å². The van der Waals surface area contributed by atoms with Crippen molar-refractivity contribution in [1.29, 1.82) is 0 Å². The summed E-state index contributed by atoms with van der Waals surface area (Å²) in [5.74, 6) is 0.578. The van der Waals surface area contributed by atoms with Crippen molar-refractivity contribution in [2.24, 2.45) is 0 Å². The second-order valence-corrected chi connectivity index (χ2v) is 7.58. The van der Waals surface area contributed by atoms with Gasteiger partial charge in [0.15, 0.2) is 0 Å².